The molecule has 0 aliphatic rings. The monoisotopic (exact) mass is 270 g/mol. The van der Waals surface area contributed by atoms with Gasteiger partial charge in [0.2, 0.25) is 0 Å². The molecule has 0 unspecified atom stereocenters. The maximum atomic E-state index is 11.2. The Kier molecular flexibility index (Phi) is 4.05. The first kappa shape index (κ1) is 13.7. The van der Waals surface area contributed by atoms with Crippen molar-refractivity contribution in [3.63, 3.8) is 0 Å². The molecule has 0 bridgehead atoms. The average molecular weight is 270 g/mol. The normalized spacial score (nSPS) is 10.7. The summed E-state index contributed by atoms with van der Waals surface area (Å²) in [6.07, 6.45) is 3.42. The number of methoxy groups -OCH3 is 1. The van der Waals surface area contributed by atoms with Gasteiger partial charge in [0.25, 0.3) is 0 Å². The molecule has 0 heterocycles. The van der Waals surface area contributed by atoms with E-state index >= 15 is 0 Å². The highest BCUT2D eigenvalue weighted by Crippen LogP contribution is 2.29. The summed E-state index contributed by atoms with van der Waals surface area (Å²) >= 11 is 0. The molecule has 2 aromatic carbocycles. The van der Waals surface area contributed by atoms with E-state index < -0.39 is 5.97 Å². The summed E-state index contributed by atoms with van der Waals surface area (Å²) in [5.74, 6) is -1.09. The molecule has 4 nitrogen and oxygen atoms in total. The van der Waals surface area contributed by atoms with E-state index in [1.165, 1.54) is 13.2 Å². The Balaban J connectivity index is 2.46. The van der Waals surface area contributed by atoms with Crippen molar-refractivity contribution >= 4 is 18.1 Å². The lowest BCUT2D eigenvalue weighted by molar-refractivity contribution is 0.0693. The number of aromatic hydroxyl groups is 1. The predicted octanol–water partition coefficient (Wildman–Crippen LogP) is 3.27. The van der Waals surface area contributed by atoms with Gasteiger partial charge in [-0.25, -0.2) is 4.79 Å². The molecule has 4 heteroatoms. The van der Waals surface area contributed by atoms with Crippen LogP contribution in [0, 0.1) is 0 Å². The number of carboxylic acid groups (broad SMARTS) is 1. The van der Waals surface area contributed by atoms with Gasteiger partial charge >= 0.3 is 5.97 Å². The molecular weight excluding hydrogens is 256 g/mol. The van der Waals surface area contributed by atoms with Crippen LogP contribution in [0.15, 0.2) is 42.5 Å². The Hall–Kier alpha value is -2.75. The van der Waals surface area contributed by atoms with Gasteiger partial charge in [-0.2, -0.15) is 0 Å². The summed E-state index contributed by atoms with van der Waals surface area (Å²) in [5.41, 5.74) is 1.18. The zero-order valence-electron chi connectivity index (χ0n) is 10.9. The van der Waals surface area contributed by atoms with Crippen LogP contribution in [0.25, 0.3) is 12.2 Å². The third-order valence-electron chi connectivity index (χ3n) is 2.83. The van der Waals surface area contributed by atoms with Crippen molar-refractivity contribution in [2.24, 2.45) is 0 Å². The van der Waals surface area contributed by atoms with E-state index in [1.807, 2.05) is 30.3 Å². The highest BCUT2D eigenvalue weighted by Gasteiger charge is 2.15. The third kappa shape index (κ3) is 2.98. The van der Waals surface area contributed by atoms with E-state index in [0.29, 0.717) is 11.3 Å². The molecular formula is C16H14O4. The van der Waals surface area contributed by atoms with Gasteiger partial charge in [0.1, 0.15) is 17.1 Å². The molecule has 0 saturated carbocycles. The zero-order chi connectivity index (χ0) is 14.5. The summed E-state index contributed by atoms with van der Waals surface area (Å²) in [7, 11) is 1.46. The standard InChI is InChI=1S/C16H14O4/c1-20-13-9-12(15(16(18)19)14(17)10-13)8-7-11-5-3-2-4-6-11/h2-10,17H,1H3,(H,18,19)/b8-7+. The quantitative estimate of drug-likeness (QED) is 0.837. The summed E-state index contributed by atoms with van der Waals surface area (Å²) in [6, 6.07) is 12.3. The summed E-state index contributed by atoms with van der Waals surface area (Å²) < 4.78 is 5.04. The van der Waals surface area contributed by atoms with E-state index in [4.69, 9.17) is 4.74 Å². The molecule has 0 aliphatic heterocycles. The molecule has 2 N–H and O–H groups in total. The van der Waals surface area contributed by atoms with Gasteiger partial charge in [-0.05, 0) is 17.2 Å². The third-order valence-corrected chi connectivity index (χ3v) is 2.83. The van der Waals surface area contributed by atoms with Gasteiger partial charge in [-0.1, -0.05) is 42.5 Å². The number of carbonyl (C=O) groups is 1. The molecule has 20 heavy (non-hydrogen) atoms. The van der Waals surface area contributed by atoms with Gasteiger partial charge in [-0.15, -0.1) is 0 Å². The number of phenols is 1. The molecule has 0 saturated heterocycles. The fraction of sp³-hybridized carbons (Fsp3) is 0.0625. The van der Waals surface area contributed by atoms with Crippen molar-refractivity contribution in [1.82, 2.24) is 0 Å². The van der Waals surface area contributed by atoms with E-state index in [-0.39, 0.29) is 11.3 Å². The second kappa shape index (κ2) is 5.93. The summed E-state index contributed by atoms with van der Waals surface area (Å²) in [5, 5.41) is 18.9. The van der Waals surface area contributed by atoms with E-state index in [1.54, 1.807) is 18.2 Å². The van der Waals surface area contributed by atoms with Gasteiger partial charge < -0.3 is 14.9 Å². The van der Waals surface area contributed by atoms with Crippen molar-refractivity contribution in [1.29, 1.82) is 0 Å². The summed E-state index contributed by atoms with van der Waals surface area (Å²) in [6.45, 7) is 0. The van der Waals surface area contributed by atoms with Crippen molar-refractivity contribution < 1.29 is 19.7 Å². The Morgan fingerprint density at radius 2 is 1.85 bits per heavy atom. The van der Waals surface area contributed by atoms with Crippen LogP contribution in [0.5, 0.6) is 11.5 Å². The molecule has 102 valence electrons. The van der Waals surface area contributed by atoms with Crippen LogP contribution >= 0.6 is 0 Å². The Morgan fingerprint density at radius 1 is 1.15 bits per heavy atom. The highest BCUT2D eigenvalue weighted by atomic mass is 16.5. The maximum absolute atomic E-state index is 11.2. The molecule has 0 aromatic heterocycles. The van der Waals surface area contributed by atoms with Crippen LogP contribution in [0.2, 0.25) is 0 Å². The van der Waals surface area contributed by atoms with E-state index in [0.717, 1.165) is 5.56 Å². The number of aromatic carboxylic acids is 1. The first-order valence-corrected chi connectivity index (χ1v) is 5.99. The SMILES string of the molecule is COc1cc(O)c(C(=O)O)c(/C=C/c2ccccc2)c1. The number of hydrogen-bond acceptors (Lipinski definition) is 3. The number of ether oxygens (including phenoxy) is 1. The van der Waals surface area contributed by atoms with Gasteiger partial charge in [0, 0.05) is 6.07 Å². The lowest BCUT2D eigenvalue weighted by Crippen LogP contribution is -2.01. The highest BCUT2D eigenvalue weighted by molar-refractivity contribution is 5.96. The lowest BCUT2D eigenvalue weighted by atomic mass is 10.0. The van der Waals surface area contributed by atoms with Gasteiger partial charge in [0.15, 0.2) is 0 Å². The molecule has 0 amide bonds. The van der Waals surface area contributed by atoms with Crippen molar-refractivity contribution in [3.8, 4) is 11.5 Å². The molecule has 0 aliphatic carbocycles. The number of carboxylic acids is 1. The zero-order valence-corrected chi connectivity index (χ0v) is 10.9. The Bertz CT molecular complexity index is 645. The second-order valence-electron chi connectivity index (χ2n) is 4.16. The van der Waals surface area contributed by atoms with E-state index in [9.17, 15) is 15.0 Å². The minimum absolute atomic E-state index is 0.141. The topological polar surface area (TPSA) is 66.8 Å². The largest absolute Gasteiger partial charge is 0.507 e. The van der Waals surface area contributed by atoms with Crippen LogP contribution in [0.1, 0.15) is 21.5 Å². The fourth-order valence-corrected chi connectivity index (χ4v) is 1.85. The molecule has 2 rings (SSSR count). The number of rotatable bonds is 4. The van der Waals surface area contributed by atoms with Crippen molar-refractivity contribution in [2.75, 3.05) is 7.11 Å². The average Bonchev–Trinajstić information content (AvgIpc) is 2.45. The van der Waals surface area contributed by atoms with Crippen LogP contribution in [0.4, 0.5) is 0 Å². The van der Waals surface area contributed by atoms with E-state index in [2.05, 4.69) is 0 Å². The number of benzene rings is 2. The second-order valence-corrected chi connectivity index (χ2v) is 4.16. The molecule has 0 fully saturated rings. The van der Waals surface area contributed by atoms with Gasteiger partial charge in [-0.3, -0.25) is 0 Å². The Morgan fingerprint density at radius 3 is 2.45 bits per heavy atom. The first-order valence-electron chi connectivity index (χ1n) is 5.99. The van der Waals surface area contributed by atoms with Crippen LogP contribution in [-0.4, -0.2) is 23.3 Å². The number of hydrogen-bond donors (Lipinski definition) is 2. The van der Waals surface area contributed by atoms with Crippen LogP contribution < -0.4 is 4.74 Å². The minimum Gasteiger partial charge on any atom is -0.507 e. The summed E-state index contributed by atoms with van der Waals surface area (Å²) in [4.78, 5) is 11.2. The molecule has 0 radical (unpaired) electrons. The lowest BCUT2D eigenvalue weighted by Gasteiger charge is -2.07. The fourth-order valence-electron chi connectivity index (χ4n) is 1.85. The molecule has 0 spiro atoms. The predicted molar refractivity (Wildman–Crippen MR) is 77.0 cm³/mol. The van der Waals surface area contributed by atoms with Crippen LogP contribution in [-0.2, 0) is 0 Å². The maximum Gasteiger partial charge on any atom is 0.340 e. The van der Waals surface area contributed by atoms with Gasteiger partial charge in [0.05, 0.1) is 7.11 Å². The molecule has 2 aromatic rings. The minimum atomic E-state index is -1.18. The smallest absolute Gasteiger partial charge is 0.340 e. The van der Waals surface area contributed by atoms with Crippen molar-refractivity contribution in [2.45, 2.75) is 0 Å². The molecule has 0 atom stereocenters. The van der Waals surface area contributed by atoms with Crippen molar-refractivity contribution in [3.05, 3.63) is 59.2 Å². The van der Waals surface area contributed by atoms with Crippen LogP contribution in [0.3, 0.4) is 0 Å². The Labute approximate surface area is 116 Å². The first-order chi connectivity index (χ1) is 9.61.